The molecule has 0 amide bonds. The normalized spacial score (nSPS) is 46.2. The molecule has 1 spiro atoms. The first-order chi connectivity index (χ1) is 7.31. The van der Waals surface area contributed by atoms with Gasteiger partial charge in [-0.05, 0) is 50.4 Å². The van der Waals surface area contributed by atoms with Gasteiger partial charge in [-0.2, -0.15) is 0 Å². The summed E-state index contributed by atoms with van der Waals surface area (Å²) in [6.07, 6.45) is 10.3. The molecule has 2 aliphatic carbocycles. The standard InChI is InChI=1S/C13H23NS/c1-2-12-9-15-13(14-12)7-3-4-11(8-13)10-5-6-10/h10-12,14H,2-9H2,1H3. The zero-order valence-corrected chi connectivity index (χ0v) is 10.6. The maximum Gasteiger partial charge on any atom is 0.0650 e. The summed E-state index contributed by atoms with van der Waals surface area (Å²) in [5, 5.41) is 3.93. The summed E-state index contributed by atoms with van der Waals surface area (Å²) >= 11 is 2.24. The second-order valence-electron chi connectivity index (χ2n) is 5.75. The van der Waals surface area contributed by atoms with E-state index in [-0.39, 0.29) is 0 Å². The highest BCUT2D eigenvalue weighted by Gasteiger charge is 2.45. The molecule has 3 fully saturated rings. The van der Waals surface area contributed by atoms with Crippen molar-refractivity contribution in [2.24, 2.45) is 11.8 Å². The molecule has 1 N–H and O–H groups in total. The van der Waals surface area contributed by atoms with Gasteiger partial charge in [-0.1, -0.05) is 13.3 Å². The minimum absolute atomic E-state index is 0.506. The Labute approximate surface area is 97.8 Å². The van der Waals surface area contributed by atoms with Crippen molar-refractivity contribution in [3.63, 3.8) is 0 Å². The van der Waals surface area contributed by atoms with E-state index in [2.05, 4.69) is 24.0 Å². The topological polar surface area (TPSA) is 12.0 Å². The summed E-state index contributed by atoms with van der Waals surface area (Å²) in [5.41, 5.74) is 0. The van der Waals surface area contributed by atoms with Crippen LogP contribution in [0.5, 0.6) is 0 Å². The molecular weight excluding hydrogens is 202 g/mol. The van der Waals surface area contributed by atoms with Crippen molar-refractivity contribution in [2.45, 2.75) is 62.8 Å². The van der Waals surface area contributed by atoms with Crippen LogP contribution < -0.4 is 5.32 Å². The SMILES string of the molecule is CCC1CSC2(CCCC(C3CC3)C2)N1. The van der Waals surface area contributed by atoms with Gasteiger partial charge in [0.25, 0.3) is 0 Å². The molecule has 1 saturated heterocycles. The van der Waals surface area contributed by atoms with Gasteiger partial charge in [0, 0.05) is 11.8 Å². The molecule has 2 saturated carbocycles. The number of thioether (sulfide) groups is 1. The monoisotopic (exact) mass is 225 g/mol. The van der Waals surface area contributed by atoms with Crippen LogP contribution in [0.3, 0.4) is 0 Å². The van der Waals surface area contributed by atoms with E-state index in [1.807, 2.05) is 0 Å². The van der Waals surface area contributed by atoms with Gasteiger partial charge in [-0.3, -0.25) is 5.32 Å². The van der Waals surface area contributed by atoms with E-state index in [0.717, 1.165) is 17.9 Å². The first kappa shape index (κ1) is 10.5. The highest BCUT2D eigenvalue weighted by atomic mass is 32.2. The van der Waals surface area contributed by atoms with E-state index < -0.39 is 0 Å². The minimum Gasteiger partial charge on any atom is -0.299 e. The lowest BCUT2D eigenvalue weighted by molar-refractivity contribution is 0.234. The van der Waals surface area contributed by atoms with Crippen molar-refractivity contribution in [1.29, 1.82) is 0 Å². The summed E-state index contributed by atoms with van der Waals surface area (Å²) in [7, 11) is 0. The van der Waals surface area contributed by atoms with E-state index in [1.165, 1.54) is 50.7 Å². The Bertz CT molecular complexity index is 239. The Balaban J connectivity index is 1.64. The van der Waals surface area contributed by atoms with Gasteiger partial charge in [-0.15, -0.1) is 11.8 Å². The largest absolute Gasteiger partial charge is 0.299 e. The summed E-state index contributed by atoms with van der Waals surface area (Å²) in [5.74, 6) is 3.54. The average Bonchev–Trinajstić information content (AvgIpc) is 3.04. The fourth-order valence-electron chi connectivity index (χ4n) is 3.45. The predicted octanol–water partition coefficient (Wildman–Crippen LogP) is 3.40. The van der Waals surface area contributed by atoms with E-state index in [9.17, 15) is 0 Å². The molecule has 3 unspecified atom stereocenters. The number of hydrogen-bond donors (Lipinski definition) is 1. The third-order valence-corrected chi connectivity index (χ3v) is 6.17. The molecule has 0 aromatic rings. The third-order valence-electron chi connectivity index (χ3n) is 4.56. The van der Waals surface area contributed by atoms with Gasteiger partial charge >= 0.3 is 0 Å². The maximum absolute atomic E-state index is 3.93. The Morgan fingerprint density at radius 1 is 1.27 bits per heavy atom. The molecule has 1 heterocycles. The molecule has 2 heteroatoms. The smallest absolute Gasteiger partial charge is 0.0650 e. The molecule has 3 rings (SSSR count). The molecule has 1 aliphatic heterocycles. The Hall–Kier alpha value is 0.310. The fraction of sp³-hybridized carbons (Fsp3) is 1.00. The first-order valence-corrected chi connectivity index (χ1v) is 7.71. The predicted molar refractivity (Wildman–Crippen MR) is 67.1 cm³/mol. The molecule has 15 heavy (non-hydrogen) atoms. The van der Waals surface area contributed by atoms with Crippen LogP contribution in [0, 0.1) is 11.8 Å². The zero-order valence-electron chi connectivity index (χ0n) is 9.80. The summed E-state index contributed by atoms with van der Waals surface area (Å²) in [6.45, 7) is 2.32. The van der Waals surface area contributed by atoms with Crippen LogP contribution in [0.25, 0.3) is 0 Å². The molecule has 0 aromatic heterocycles. The van der Waals surface area contributed by atoms with Gasteiger partial charge in [0.05, 0.1) is 4.87 Å². The molecule has 3 aliphatic rings. The highest BCUT2D eigenvalue weighted by molar-refractivity contribution is 8.00. The number of rotatable bonds is 2. The molecule has 1 nitrogen and oxygen atoms in total. The van der Waals surface area contributed by atoms with Crippen molar-refractivity contribution < 1.29 is 0 Å². The van der Waals surface area contributed by atoms with E-state index in [4.69, 9.17) is 0 Å². The summed E-state index contributed by atoms with van der Waals surface area (Å²) in [4.78, 5) is 0.506. The van der Waals surface area contributed by atoms with E-state index >= 15 is 0 Å². The van der Waals surface area contributed by atoms with Crippen LogP contribution in [0.4, 0.5) is 0 Å². The number of hydrogen-bond acceptors (Lipinski definition) is 2. The van der Waals surface area contributed by atoms with Crippen LogP contribution in [-0.4, -0.2) is 16.7 Å². The minimum atomic E-state index is 0.506. The van der Waals surface area contributed by atoms with Crippen molar-refractivity contribution in [3.8, 4) is 0 Å². The molecule has 3 atom stereocenters. The van der Waals surface area contributed by atoms with Crippen molar-refractivity contribution in [2.75, 3.05) is 5.75 Å². The van der Waals surface area contributed by atoms with Gasteiger partial charge in [0.2, 0.25) is 0 Å². The van der Waals surface area contributed by atoms with Crippen LogP contribution in [0.15, 0.2) is 0 Å². The molecule has 0 aromatic carbocycles. The van der Waals surface area contributed by atoms with Crippen molar-refractivity contribution >= 4 is 11.8 Å². The Morgan fingerprint density at radius 3 is 2.80 bits per heavy atom. The van der Waals surface area contributed by atoms with E-state index in [1.54, 1.807) is 0 Å². The van der Waals surface area contributed by atoms with Gasteiger partial charge in [0.15, 0.2) is 0 Å². The zero-order chi connectivity index (χ0) is 10.3. The average molecular weight is 225 g/mol. The molecule has 0 radical (unpaired) electrons. The molecule has 0 bridgehead atoms. The quantitative estimate of drug-likeness (QED) is 0.773. The maximum atomic E-state index is 3.93. The van der Waals surface area contributed by atoms with Crippen molar-refractivity contribution in [1.82, 2.24) is 5.32 Å². The second kappa shape index (κ2) is 3.96. The lowest BCUT2D eigenvalue weighted by atomic mass is 9.82. The van der Waals surface area contributed by atoms with Crippen molar-refractivity contribution in [3.05, 3.63) is 0 Å². The van der Waals surface area contributed by atoms with Crippen LogP contribution in [0.2, 0.25) is 0 Å². The highest BCUT2D eigenvalue weighted by Crippen LogP contribution is 2.51. The summed E-state index contributed by atoms with van der Waals surface area (Å²) < 4.78 is 0. The first-order valence-electron chi connectivity index (χ1n) is 6.73. The lowest BCUT2D eigenvalue weighted by Gasteiger charge is -2.38. The molecule has 86 valence electrons. The van der Waals surface area contributed by atoms with Crippen LogP contribution >= 0.6 is 11.8 Å². The second-order valence-corrected chi connectivity index (χ2v) is 7.15. The Morgan fingerprint density at radius 2 is 2.13 bits per heavy atom. The lowest BCUT2D eigenvalue weighted by Crippen LogP contribution is -2.45. The fourth-order valence-corrected chi connectivity index (χ4v) is 5.15. The van der Waals surface area contributed by atoms with Gasteiger partial charge < -0.3 is 0 Å². The Kier molecular flexibility index (Phi) is 2.76. The third kappa shape index (κ3) is 2.08. The molecular formula is C13H23NS. The van der Waals surface area contributed by atoms with Crippen LogP contribution in [-0.2, 0) is 0 Å². The summed E-state index contributed by atoms with van der Waals surface area (Å²) in [6, 6.07) is 0.799. The van der Waals surface area contributed by atoms with Gasteiger partial charge in [0.1, 0.15) is 0 Å². The van der Waals surface area contributed by atoms with E-state index in [0.29, 0.717) is 4.87 Å². The number of nitrogens with one attached hydrogen (secondary N) is 1. The van der Waals surface area contributed by atoms with Gasteiger partial charge in [-0.25, -0.2) is 0 Å². The van der Waals surface area contributed by atoms with Crippen LogP contribution in [0.1, 0.15) is 51.9 Å².